The summed E-state index contributed by atoms with van der Waals surface area (Å²) in [5.74, 6) is 1.20. The maximum atomic E-state index is 13.9. The van der Waals surface area contributed by atoms with Crippen LogP contribution in [0.25, 0.3) is 5.69 Å². The van der Waals surface area contributed by atoms with Crippen LogP contribution in [0.2, 0.25) is 0 Å². The van der Waals surface area contributed by atoms with Crippen molar-refractivity contribution in [2.75, 3.05) is 0 Å². The van der Waals surface area contributed by atoms with Crippen LogP contribution in [0.3, 0.4) is 0 Å². The molecular weight excluding hydrogens is 365 g/mol. The fourth-order valence-electron chi connectivity index (χ4n) is 2.67. The molecule has 2 aromatic heterocycles. The second kappa shape index (κ2) is 7.85. The van der Waals surface area contributed by atoms with Crippen molar-refractivity contribution in [3.8, 4) is 5.69 Å². The third-order valence-electron chi connectivity index (χ3n) is 3.94. The number of aromatic nitrogens is 3. The van der Waals surface area contributed by atoms with Gasteiger partial charge in [0.1, 0.15) is 11.6 Å². The summed E-state index contributed by atoms with van der Waals surface area (Å²) in [7, 11) is 0. The lowest BCUT2D eigenvalue weighted by molar-refractivity contribution is 0.617. The van der Waals surface area contributed by atoms with Crippen LogP contribution in [0.4, 0.5) is 4.39 Å². The van der Waals surface area contributed by atoms with E-state index < -0.39 is 0 Å². The van der Waals surface area contributed by atoms with Crippen LogP contribution in [0.5, 0.6) is 0 Å². The Morgan fingerprint density at radius 3 is 2.50 bits per heavy atom. The van der Waals surface area contributed by atoms with Crippen molar-refractivity contribution < 1.29 is 4.39 Å². The number of thiophene rings is 1. The molecule has 2 heterocycles. The summed E-state index contributed by atoms with van der Waals surface area (Å²) in [5.41, 5.74) is 1.68. The molecule has 0 saturated carbocycles. The Labute approximate surface area is 159 Å². The van der Waals surface area contributed by atoms with Crippen LogP contribution in [0.15, 0.2) is 77.3 Å². The van der Waals surface area contributed by atoms with E-state index in [1.54, 1.807) is 23.5 Å². The van der Waals surface area contributed by atoms with Gasteiger partial charge >= 0.3 is 0 Å². The molecule has 4 rings (SSSR count). The van der Waals surface area contributed by atoms with Gasteiger partial charge in [-0.25, -0.2) is 4.39 Å². The monoisotopic (exact) mass is 381 g/mol. The molecule has 0 amide bonds. The van der Waals surface area contributed by atoms with E-state index in [9.17, 15) is 4.39 Å². The van der Waals surface area contributed by atoms with Crippen LogP contribution in [-0.2, 0) is 12.2 Å². The molecule has 6 heteroatoms. The van der Waals surface area contributed by atoms with Crippen LogP contribution >= 0.6 is 23.1 Å². The molecule has 0 atom stereocenters. The summed E-state index contributed by atoms with van der Waals surface area (Å²) in [4.78, 5) is 1.24. The molecule has 0 N–H and O–H groups in total. The molecule has 0 radical (unpaired) electrons. The lowest BCUT2D eigenvalue weighted by atomic mass is 10.2. The molecule has 3 nitrogen and oxygen atoms in total. The van der Waals surface area contributed by atoms with Crippen molar-refractivity contribution in [2.45, 2.75) is 17.3 Å². The summed E-state index contributed by atoms with van der Waals surface area (Å²) >= 11 is 3.20. The largest absolute Gasteiger partial charge is 0.274 e. The standard InChI is InChI=1S/C20H16FN3S2/c21-18-11-5-4-7-15(18)14-26-20-23-22-19(13-17-10-6-12-25-17)24(20)16-8-2-1-3-9-16/h1-12H,13-14H2. The molecular formula is C20H16FN3S2. The van der Waals surface area contributed by atoms with Crippen LogP contribution in [-0.4, -0.2) is 14.8 Å². The van der Waals surface area contributed by atoms with Gasteiger partial charge in [0.2, 0.25) is 0 Å². The fourth-order valence-corrected chi connectivity index (χ4v) is 4.33. The molecule has 26 heavy (non-hydrogen) atoms. The van der Waals surface area contributed by atoms with E-state index in [0.29, 0.717) is 11.3 Å². The second-order valence-electron chi connectivity index (χ2n) is 5.71. The summed E-state index contributed by atoms with van der Waals surface area (Å²) in [6, 6.07) is 21.0. The normalized spacial score (nSPS) is 11.0. The number of nitrogens with zero attached hydrogens (tertiary/aromatic N) is 3. The maximum absolute atomic E-state index is 13.9. The smallest absolute Gasteiger partial charge is 0.196 e. The van der Waals surface area contributed by atoms with Crippen LogP contribution < -0.4 is 0 Å². The van der Waals surface area contributed by atoms with E-state index in [1.807, 2.05) is 42.5 Å². The average Bonchev–Trinajstić information content (AvgIpc) is 3.32. The lowest BCUT2D eigenvalue weighted by Crippen LogP contribution is -2.03. The first-order valence-corrected chi connectivity index (χ1v) is 10.1. The first-order valence-electron chi connectivity index (χ1n) is 8.19. The van der Waals surface area contributed by atoms with Gasteiger partial charge in [-0.15, -0.1) is 21.5 Å². The van der Waals surface area contributed by atoms with Gasteiger partial charge in [0.05, 0.1) is 0 Å². The van der Waals surface area contributed by atoms with Crippen molar-refractivity contribution in [3.63, 3.8) is 0 Å². The topological polar surface area (TPSA) is 30.7 Å². The fraction of sp³-hybridized carbons (Fsp3) is 0.100. The summed E-state index contributed by atoms with van der Waals surface area (Å²) in [6.45, 7) is 0. The third-order valence-corrected chi connectivity index (χ3v) is 5.80. The zero-order chi connectivity index (χ0) is 17.8. The Kier molecular flexibility index (Phi) is 5.13. The van der Waals surface area contributed by atoms with Crippen LogP contribution in [0.1, 0.15) is 16.3 Å². The van der Waals surface area contributed by atoms with E-state index in [1.165, 1.54) is 22.7 Å². The highest BCUT2D eigenvalue weighted by Gasteiger charge is 2.16. The quantitative estimate of drug-likeness (QED) is 0.422. The molecule has 0 aliphatic heterocycles. The van der Waals surface area contributed by atoms with E-state index in [4.69, 9.17) is 0 Å². The SMILES string of the molecule is Fc1ccccc1CSc1nnc(Cc2cccs2)n1-c1ccccc1. The first kappa shape index (κ1) is 17.0. The average molecular weight is 382 g/mol. The van der Waals surface area contributed by atoms with E-state index in [0.717, 1.165) is 23.1 Å². The number of hydrogen-bond donors (Lipinski definition) is 0. The van der Waals surface area contributed by atoms with Gasteiger partial charge < -0.3 is 0 Å². The Hall–Kier alpha value is -2.44. The summed E-state index contributed by atoms with van der Waals surface area (Å²) in [5, 5.41) is 11.6. The third kappa shape index (κ3) is 3.71. The highest BCUT2D eigenvalue weighted by Crippen LogP contribution is 2.27. The van der Waals surface area contributed by atoms with E-state index in [2.05, 4.69) is 26.2 Å². The first-order chi connectivity index (χ1) is 12.8. The molecule has 0 unspecified atom stereocenters. The van der Waals surface area contributed by atoms with Crippen molar-refractivity contribution in [2.24, 2.45) is 0 Å². The molecule has 0 bridgehead atoms. The van der Waals surface area contributed by atoms with Gasteiger partial charge in [-0.05, 0) is 35.2 Å². The predicted octanol–water partition coefficient (Wildman–Crippen LogP) is 5.35. The minimum Gasteiger partial charge on any atom is -0.274 e. The molecule has 0 aliphatic carbocycles. The highest BCUT2D eigenvalue weighted by molar-refractivity contribution is 7.98. The summed E-state index contributed by atoms with van der Waals surface area (Å²) in [6.07, 6.45) is 0.722. The maximum Gasteiger partial charge on any atom is 0.196 e. The van der Waals surface area contributed by atoms with Crippen molar-refractivity contribution >= 4 is 23.1 Å². The van der Waals surface area contributed by atoms with Gasteiger partial charge in [0.25, 0.3) is 0 Å². The van der Waals surface area contributed by atoms with Gasteiger partial charge in [-0.2, -0.15) is 0 Å². The minimum atomic E-state index is -0.190. The molecule has 0 spiro atoms. The Morgan fingerprint density at radius 1 is 0.923 bits per heavy atom. The molecule has 2 aromatic carbocycles. The number of benzene rings is 2. The second-order valence-corrected chi connectivity index (χ2v) is 7.68. The van der Waals surface area contributed by atoms with Crippen molar-refractivity contribution in [3.05, 3.63) is 94.2 Å². The van der Waals surface area contributed by atoms with E-state index >= 15 is 0 Å². The zero-order valence-corrected chi connectivity index (χ0v) is 15.5. The van der Waals surface area contributed by atoms with Crippen molar-refractivity contribution in [1.29, 1.82) is 0 Å². The number of hydrogen-bond acceptors (Lipinski definition) is 4. The number of para-hydroxylation sites is 1. The minimum absolute atomic E-state index is 0.190. The lowest BCUT2D eigenvalue weighted by Gasteiger charge is -2.10. The van der Waals surface area contributed by atoms with E-state index in [-0.39, 0.29) is 5.82 Å². The van der Waals surface area contributed by atoms with Gasteiger partial charge in [0.15, 0.2) is 5.16 Å². The molecule has 0 fully saturated rings. The number of halogens is 1. The number of thioether (sulfide) groups is 1. The molecule has 4 aromatic rings. The Morgan fingerprint density at radius 2 is 1.73 bits per heavy atom. The number of rotatable bonds is 6. The molecule has 0 aliphatic rings. The summed E-state index contributed by atoms with van der Waals surface area (Å²) < 4.78 is 16.0. The molecule has 0 saturated heterocycles. The highest BCUT2D eigenvalue weighted by atomic mass is 32.2. The van der Waals surface area contributed by atoms with Crippen molar-refractivity contribution in [1.82, 2.24) is 14.8 Å². The van der Waals surface area contributed by atoms with Gasteiger partial charge in [-0.3, -0.25) is 4.57 Å². The predicted molar refractivity (Wildman–Crippen MR) is 104 cm³/mol. The van der Waals surface area contributed by atoms with Gasteiger partial charge in [0, 0.05) is 22.7 Å². The zero-order valence-electron chi connectivity index (χ0n) is 13.9. The Bertz CT molecular complexity index is 981. The Balaban J connectivity index is 1.66. The van der Waals surface area contributed by atoms with Gasteiger partial charge in [-0.1, -0.05) is 54.2 Å². The molecule has 130 valence electrons. The van der Waals surface area contributed by atoms with Crippen LogP contribution in [0, 0.1) is 5.82 Å².